The Hall–Kier alpha value is -2.87. The highest BCUT2D eigenvalue weighted by Gasteiger charge is 2.18. The first-order valence-corrected chi connectivity index (χ1v) is 8.98. The summed E-state index contributed by atoms with van der Waals surface area (Å²) in [6.45, 7) is 5.57. The molecule has 27 heavy (non-hydrogen) atoms. The van der Waals surface area contributed by atoms with E-state index in [0.29, 0.717) is 5.56 Å². The van der Waals surface area contributed by atoms with Crippen molar-refractivity contribution in [2.45, 2.75) is 27.3 Å². The molecule has 0 fully saturated rings. The van der Waals surface area contributed by atoms with Crippen LogP contribution in [0.5, 0.6) is 0 Å². The van der Waals surface area contributed by atoms with E-state index in [4.69, 9.17) is 0 Å². The lowest BCUT2D eigenvalue weighted by atomic mass is 10.1. The third kappa shape index (κ3) is 3.80. The molecule has 1 aromatic carbocycles. The average Bonchev–Trinajstić information content (AvgIpc) is 2.93. The number of hydrogen-bond acceptors (Lipinski definition) is 4. The summed E-state index contributed by atoms with van der Waals surface area (Å²) in [4.78, 5) is 30.6. The van der Waals surface area contributed by atoms with Crippen LogP contribution in [0, 0.1) is 32.4 Å². The Labute approximate surface area is 158 Å². The van der Waals surface area contributed by atoms with E-state index in [-0.39, 0.29) is 17.8 Å². The third-order valence-corrected chi connectivity index (χ3v) is 5.18. The highest BCUT2D eigenvalue weighted by atomic mass is 32.1. The van der Waals surface area contributed by atoms with Crippen LogP contribution >= 0.6 is 11.3 Å². The molecular weight excluding hydrogens is 372 g/mol. The average molecular weight is 389 g/mol. The maximum Gasteiger partial charge on any atom is 0.268 e. The van der Waals surface area contributed by atoms with E-state index in [1.165, 1.54) is 23.6 Å². The minimum atomic E-state index is -0.760. The Morgan fingerprint density at radius 2 is 1.96 bits per heavy atom. The molecule has 3 rings (SSSR count). The zero-order valence-corrected chi connectivity index (χ0v) is 15.8. The second-order valence-electron chi connectivity index (χ2n) is 6.07. The molecule has 1 amide bonds. The molecular formula is C19H17F2N3O2S. The molecule has 0 spiro atoms. The molecule has 5 nitrogen and oxygen atoms in total. The van der Waals surface area contributed by atoms with Crippen LogP contribution in [0.1, 0.15) is 31.5 Å². The number of rotatable bonds is 4. The Morgan fingerprint density at radius 3 is 2.63 bits per heavy atom. The molecule has 0 bridgehead atoms. The fraction of sp³-hybridized carbons (Fsp3) is 0.211. The Balaban J connectivity index is 1.96. The van der Waals surface area contributed by atoms with E-state index in [0.717, 1.165) is 38.3 Å². The quantitative estimate of drug-likeness (QED) is 0.744. The fourth-order valence-corrected chi connectivity index (χ4v) is 3.63. The largest absolute Gasteiger partial charge is 0.347 e. The molecule has 8 heteroatoms. The first-order valence-electron chi connectivity index (χ1n) is 8.16. The predicted octanol–water partition coefficient (Wildman–Crippen LogP) is 3.43. The molecule has 0 aliphatic rings. The van der Waals surface area contributed by atoms with Crippen LogP contribution in [-0.2, 0) is 6.54 Å². The summed E-state index contributed by atoms with van der Waals surface area (Å²) in [5, 5.41) is 3.59. The van der Waals surface area contributed by atoms with Crippen molar-refractivity contribution < 1.29 is 13.6 Å². The summed E-state index contributed by atoms with van der Waals surface area (Å²) in [5.74, 6) is -2.01. The molecule has 0 radical (unpaired) electrons. The molecule has 0 aliphatic carbocycles. The minimum Gasteiger partial charge on any atom is -0.347 e. The van der Waals surface area contributed by atoms with Gasteiger partial charge in [-0.05, 0) is 44.5 Å². The van der Waals surface area contributed by atoms with E-state index in [1.807, 2.05) is 13.8 Å². The van der Waals surface area contributed by atoms with Gasteiger partial charge in [-0.1, -0.05) is 0 Å². The summed E-state index contributed by atoms with van der Waals surface area (Å²) in [7, 11) is 0. The molecule has 3 aromatic rings. The number of nitrogens with zero attached hydrogens (tertiary/aromatic N) is 2. The number of aryl methyl sites for hydroxylation is 3. The number of thiazole rings is 1. The van der Waals surface area contributed by atoms with E-state index < -0.39 is 23.1 Å². The second kappa shape index (κ2) is 7.40. The first-order chi connectivity index (χ1) is 12.8. The van der Waals surface area contributed by atoms with Crippen LogP contribution in [0.3, 0.4) is 0 Å². The summed E-state index contributed by atoms with van der Waals surface area (Å²) in [6.07, 6.45) is 1.32. The van der Waals surface area contributed by atoms with E-state index in [2.05, 4.69) is 10.3 Å². The number of pyridine rings is 1. The molecule has 0 aliphatic heterocycles. The Kier molecular flexibility index (Phi) is 5.18. The predicted molar refractivity (Wildman–Crippen MR) is 99.5 cm³/mol. The van der Waals surface area contributed by atoms with Crippen molar-refractivity contribution in [2.24, 2.45) is 0 Å². The van der Waals surface area contributed by atoms with Gasteiger partial charge in [-0.25, -0.2) is 13.8 Å². The molecule has 1 N–H and O–H groups in total. The molecule has 0 saturated carbocycles. The molecule has 2 aromatic heterocycles. The maximum absolute atomic E-state index is 14.1. The number of benzene rings is 1. The van der Waals surface area contributed by atoms with Crippen LogP contribution in [0.2, 0.25) is 0 Å². The van der Waals surface area contributed by atoms with Gasteiger partial charge in [-0.15, -0.1) is 11.3 Å². The van der Waals surface area contributed by atoms with Gasteiger partial charge in [0.05, 0.1) is 22.9 Å². The van der Waals surface area contributed by atoms with Gasteiger partial charge in [0, 0.05) is 17.1 Å². The Morgan fingerprint density at radius 1 is 1.22 bits per heavy atom. The van der Waals surface area contributed by atoms with Gasteiger partial charge < -0.3 is 5.32 Å². The number of nitrogens with one attached hydrogen (secondary N) is 1. The van der Waals surface area contributed by atoms with Gasteiger partial charge in [0.1, 0.15) is 17.2 Å². The van der Waals surface area contributed by atoms with Crippen molar-refractivity contribution in [3.05, 3.63) is 79.2 Å². The summed E-state index contributed by atoms with van der Waals surface area (Å²) >= 11 is 1.46. The number of halogens is 2. The topological polar surface area (TPSA) is 64.0 Å². The SMILES string of the molecule is Cc1nc(C)c(CNC(=O)c2c(C)ccn(-c3cc(F)ccc3F)c2=O)s1. The molecule has 0 saturated heterocycles. The van der Waals surface area contributed by atoms with Gasteiger partial charge in [0.25, 0.3) is 11.5 Å². The lowest BCUT2D eigenvalue weighted by Gasteiger charge is -2.12. The lowest BCUT2D eigenvalue weighted by Crippen LogP contribution is -2.33. The molecule has 0 unspecified atom stereocenters. The van der Waals surface area contributed by atoms with Crippen LogP contribution in [0.25, 0.3) is 5.69 Å². The number of hydrogen-bond donors (Lipinski definition) is 1. The summed E-state index contributed by atoms with van der Waals surface area (Å²) in [6, 6.07) is 4.33. The van der Waals surface area contributed by atoms with Gasteiger partial charge >= 0.3 is 0 Å². The highest BCUT2D eigenvalue weighted by Crippen LogP contribution is 2.17. The highest BCUT2D eigenvalue weighted by molar-refractivity contribution is 7.11. The van der Waals surface area contributed by atoms with Crippen molar-refractivity contribution in [1.29, 1.82) is 0 Å². The van der Waals surface area contributed by atoms with E-state index >= 15 is 0 Å². The van der Waals surface area contributed by atoms with Crippen molar-refractivity contribution in [1.82, 2.24) is 14.9 Å². The van der Waals surface area contributed by atoms with Crippen molar-refractivity contribution in [2.75, 3.05) is 0 Å². The molecule has 140 valence electrons. The lowest BCUT2D eigenvalue weighted by molar-refractivity contribution is 0.0948. The van der Waals surface area contributed by atoms with Crippen molar-refractivity contribution in [3.8, 4) is 5.69 Å². The zero-order valence-electron chi connectivity index (χ0n) is 15.0. The monoisotopic (exact) mass is 389 g/mol. The van der Waals surface area contributed by atoms with Crippen LogP contribution in [0.4, 0.5) is 8.78 Å². The fourth-order valence-electron chi connectivity index (χ4n) is 2.75. The van der Waals surface area contributed by atoms with Gasteiger partial charge in [0.2, 0.25) is 0 Å². The second-order valence-corrected chi connectivity index (χ2v) is 7.36. The standard InChI is InChI=1S/C19H17F2N3O2S/c1-10-6-7-24(15-8-13(20)4-5-14(15)21)19(26)17(10)18(25)22-9-16-11(2)23-12(3)27-16/h4-8H,9H2,1-3H3,(H,22,25). The Bertz CT molecular complexity index is 1090. The summed E-state index contributed by atoms with van der Waals surface area (Å²) < 4.78 is 28.5. The van der Waals surface area contributed by atoms with E-state index in [9.17, 15) is 18.4 Å². The zero-order chi connectivity index (χ0) is 19.7. The summed E-state index contributed by atoms with van der Waals surface area (Å²) in [5.41, 5.74) is 0.196. The van der Waals surface area contributed by atoms with Crippen molar-refractivity contribution >= 4 is 17.2 Å². The third-order valence-electron chi connectivity index (χ3n) is 4.10. The number of aromatic nitrogens is 2. The first kappa shape index (κ1) is 18.9. The van der Waals surface area contributed by atoms with Crippen LogP contribution < -0.4 is 10.9 Å². The number of amides is 1. The molecule has 0 atom stereocenters. The van der Waals surface area contributed by atoms with Gasteiger partial charge in [0.15, 0.2) is 0 Å². The van der Waals surface area contributed by atoms with Crippen molar-refractivity contribution in [3.63, 3.8) is 0 Å². The van der Waals surface area contributed by atoms with Crippen LogP contribution in [0.15, 0.2) is 35.3 Å². The van der Waals surface area contributed by atoms with Gasteiger partial charge in [-0.3, -0.25) is 14.2 Å². The number of carbonyl (C=O) groups excluding carboxylic acids is 1. The normalized spacial score (nSPS) is 10.9. The number of carbonyl (C=O) groups is 1. The smallest absolute Gasteiger partial charge is 0.268 e. The molecule has 2 heterocycles. The van der Waals surface area contributed by atoms with Crippen LogP contribution in [-0.4, -0.2) is 15.5 Å². The maximum atomic E-state index is 14.1. The van der Waals surface area contributed by atoms with E-state index in [1.54, 1.807) is 6.92 Å². The van der Waals surface area contributed by atoms with Gasteiger partial charge in [-0.2, -0.15) is 0 Å². The minimum absolute atomic E-state index is 0.111.